The Labute approximate surface area is 270 Å². The highest BCUT2D eigenvalue weighted by atomic mass is 16.6. The first-order valence-corrected chi connectivity index (χ1v) is 16.7. The van der Waals surface area contributed by atoms with Gasteiger partial charge in [0.25, 0.3) is 0 Å². The predicted molar refractivity (Wildman–Crippen MR) is 187 cm³/mol. The number of amides is 1. The van der Waals surface area contributed by atoms with Crippen LogP contribution in [0.2, 0.25) is 0 Å². The second-order valence-corrected chi connectivity index (χ2v) is 13.8. The van der Waals surface area contributed by atoms with Gasteiger partial charge in [-0.1, -0.05) is 75.2 Å². The van der Waals surface area contributed by atoms with Crippen molar-refractivity contribution in [3.8, 4) is 22.3 Å². The lowest BCUT2D eigenvalue weighted by molar-refractivity contribution is 0.0219. The Morgan fingerprint density at radius 1 is 0.913 bits per heavy atom. The molecule has 0 bridgehead atoms. The number of fused-ring (bicyclic) bond motifs is 3. The van der Waals surface area contributed by atoms with Gasteiger partial charge in [-0.3, -0.25) is 4.90 Å². The summed E-state index contributed by atoms with van der Waals surface area (Å²) < 4.78 is 5.69. The fraction of sp³-hybridized carbons (Fsp3) is 0.359. The first kappa shape index (κ1) is 30.0. The number of carbonyl (C=O) groups excluding carboxylic acids is 1. The highest BCUT2D eigenvalue weighted by Crippen LogP contribution is 2.38. The minimum absolute atomic E-state index is 0.117. The second-order valence-electron chi connectivity index (χ2n) is 13.8. The number of likely N-dealkylation sites (tertiary alicyclic amines) is 1. The Kier molecular flexibility index (Phi) is 7.79. The van der Waals surface area contributed by atoms with E-state index in [1.807, 2.05) is 25.7 Å². The van der Waals surface area contributed by atoms with E-state index in [1.165, 1.54) is 40.3 Å². The van der Waals surface area contributed by atoms with Crippen LogP contribution in [0.5, 0.6) is 0 Å². The molecule has 3 heterocycles. The van der Waals surface area contributed by atoms with Crippen molar-refractivity contribution in [2.45, 2.75) is 84.3 Å². The number of aromatic amines is 2. The quantitative estimate of drug-likeness (QED) is 0.188. The van der Waals surface area contributed by atoms with E-state index in [2.05, 4.69) is 96.6 Å². The van der Waals surface area contributed by atoms with Gasteiger partial charge >= 0.3 is 6.09 Å². The van der Waals surface area contributed by atoms with E-state index in [9.17, 15) is 4.79 Å². The Balaban J connectivity index is 1.21. The van der Waals surface area contributed by atoms with Gasteiger partial charge in [-0.05, 0) is 97.3 Å². The molecule has 2 atom stereocenters. The molecule has 2 N–H and O–H groups in total. The van der Waals surface area contributed by atoms with E-state index in [1.54, 1.807) is 0 Å². The summed E-state index contributed by atoms with van der Waals surface area (Å²) in [6, 6.07) is 25.9. The summed E-state index contributed by atoms with van der Waals surface area (Å²) in [6.07, 6.45) is 5.06. The van der Waals surface area contributed by atoms with Crippen molar-refractivity contribution in [2.24, 2.45) is 0 Å². The molecule has 1 aliphatic heterocycles. The number of nitrogens with one attached hydrogen (secondary N) is 2. The minimum atomic E-state index is -0.534. The van der Waals surface area contributed by atoms with Crippen LogP contribution in [0.4, 0.5) is 4.79 Å². The molecule has 0 aliphatic carbocycles. The number of H-pyrrole nitrogens is 2. The van der Waals surface area contributed by atoms with Crippen LogP contribution in [0.25, 0.3) is 55.1 Å². The lowest BCUT2D eigenvalue weighted by Gasteiger charge is -2.27. The molecule has 46 heavy (non-hydrogen) atoms. The molecule has 236 valence electrons. The zero-order chi connectivity index (χ0) is 32.0. The summed E-state index contributed by atoms with van der Waals surface area (Å²) in [4.78, 5) is 31.7. The minimum Gasteiger partial charge on any atom is -0.444 e. The zero-order valence-corrected chi connectivity index (χ0v) is 27.5. The molecule has 7 nitrogen and oxygen atoms in total. The monoisotopic (exact) mass is 613 g/mol. The summed E-state index contributed by atoms with van der Waals surface area (Å²) in [5.41, 5.74) is 8.08. The number of unbranched alkanes of at least 4 members (excludes halogenated alkanes) is 1. The molecule has 6 aromatic rings. The van der Waals surface area contributed by atoms with Gasteiger partial charge in [0, 0.05) is 12.5 Å². The van der Waals surface area contributed by atoms with Gasteiger partial charge in [-0.25, -0.2) is 14.8 Å². The molecule has 2 aromatic heterocycles. The number of benzene rings is 4. The third kappa shape index (κ3) is 5.75. The van der Waals surface area contributed by atoms with Crippen LogP contribution in [0.1, 0.15) is 90.3 Å². The average Bonchev–Trinajstić information content (AvgIpc) is 3.79. The number of aromatic nitrogens is 4. The van der Waals surface area contributed by atoms with Gasteiger partial charge in [-0.2, -0.15) is 0 Å². The maximum absolute atomic E-state index is 12.9. The van der Waals surface area contributed by atoms with E-state index in [4.69, 9.17) is 14.7 Å². The van der Waals surface area contributed by atoms with Crippen LogP contribution in [-0.2, 0) is 4.74 Å². The van der Waals surface area contributed by atoms with Gasteiger partial charge in [0.1, 0.15) is 17.2 Å². The SMILES string of the molecule is CCCC[C@H](C)c1nc2ccc(-c3cccc4c(-c5ccc6nc([C@@H]7CCCN7C(=O)OC(C)(C)C)[nH]c6c5)cccc34)cc2[nH]1. The molecule has 1 aliphatic rings. The fourth-order valence-electron chi connectivity index (χ4n) is 6.84. The molecule has 1 saturated heterocycles. The van der Waals surface area contributed by atoms with Gasteiger partial charge < -0.3 is 14.7 Å². The number of carbonyl (C=O) groups is 1. The number of hydrogen-bond donors (Lipinski definition) is 2. The Morgan fingerprint density at radius 3 is 2.17 bits per heavy atom. The van der Waals surface area contributed by atoms with Crippen LogP contribution in [0.3, 0.4) is 0 Å². The molecule has 0 spiro atoms. The van der Waals surface area contributed by atoms with E-state index >= 15 is 0 Å². The number of ether oxygens (including phenoxy) is 1. The van der Waals surface area contributed by atoms with Gasteiger partial charge in [0.15, 0.2) is 0 Å². The Hall–Kier alpha value is -4.65. The highest BCUT2D eigenvalue weighted by molar-refractivity contribution is 6.05. The lowest BCUT2D eigenvalue weighted by atomic mass is 9.93. The molecule has 4 aromatic carbocycles. The number of imidazole rings is 2. The first-order chi connectivity index (χ1) is 22.2. The Morgan fingerprint density at radius 2 is 1.54 bits per heavy atom. The third-order valence-electron chi connectivity index (χ3n) is 9.20. The largest absolute Gasteiger partial charge is 0.444 e. The molecule has 1 fully saturated rings. The number of hydrogen-bond acceptors (Lipinski definition) is 4. The van der Waals surface area contributed by atoms with E-state index in [0.717, 1.165) is 58.5 Å². The maximum Gasteiger partial charge on any atom is 0.410 e. The molecule has 7 rings (SSSR count). The highest BCUT2D eigenvalue weighted by Gasteiger charge is 2.35. The van der Waals surface area contributed by atoms with Crippen LogP contribution in [0.15, 0.2) is 72.8 Å². The topological polar surface area (TPSA) is 86.9 Å². The van der Waals surface area contributed by atoms with Crippen molar-refractivity contribution in [3.05, 3.63) is 84.4 Å². The Bertz CT molecular complexity index is 2050. The number of rotatable bonds is 7. The summed E-state index contributed by atoms with van der Waals surface area (Å²) in [7, 11) is 0. The molecule has 7 heteroatoms. The summed E-state index contributed by atoms with van der Waals surface area (Å²) in [5, 5.41) is 2.41. The van der Waals surface area contributed by atoms with Gasteiger partial charge in [0.2, 0.25) is 0 Å². The zero-order valence-electron chi connectivity index (χ0n) is 27.5. The second kappa shape index (κ2) is 11.9. The molecule has 1 amide bonds. The predicted octanol–water partition coefficient (Wildman–Crippen LogP) is 10.3. The first-order valence-electron chi connectivity index (χ1n) is 16.7. The van der Waals surface area contributed by atoms with Crippen molar-refractivity contribution >= 4 is 38.9 Å². The summed E-state index contributed by atoms with van der Waals surface area (Å²) in [5.74, 6) is 2.30. The van der Waals surface area contributed by atoms with Crippen molar-refractivity contribution in [2.75, 3.05) is 6.54 Å². The van der Waals surface area contributed by atoms with Crippen LogP contribution in [-0.4, -0.2) is 43.1 Å². The molecule has 0 unspecified atom stereocenters. The van der Waals surface area contributed by atoms with E-state index in [-0.39, 0.29) is 12.1 Å². The van der Waals surface area contributed by atoms with E-state index < -0.39 is 5.60 Å². The third-order valence-corrected chi connectivity index (χ3v) is 9.20. The number of nitrogens with zero attached hydrogens (tertiary/aromatic N) is 3. The van der Waals surface area contributed by atoms with Gasteiger partial charge in [0.05, 0.1) is 28.1 Å². The molecular formula is C39H43N5O2. The summed E-state index contributed by atoms with van der Waals surface area (Å²) >= 11 is 0. The van der Waals surface area contributed by atoms with Crippen molar-refractivity contribution in [1.29, 1.82) is 0 Å². The van der Waals surface area contributed by atoms with Crippen LogP contribution in [0, 0.1) is 0 Å². The maximum atomic E-state index is 12.9. The van der Waals surface area contributed by atoms with Gasteiger partial charge in [-0.15, -0.1) is 0 Å². The molecule has 0 radical (unpaired) electrons. The van der Waals surface area contributed by atoms with Crippen LogP contribution >= 0.6 is 0 Å². The summed E-state index contributed by atoms with van der Waals surface area (Å²) in [6.45, 7) is 10.9. The van der Waals surface area contributed by atoms with Crippen molar-refractivity contribution in [3.63, 3.8) is 0 Å². The standard InChI is InChI=1S/C39H43N5O2/c1-6-7-11-24(2)36-40-31-19-17-25(22-33(31)42-36)27-12-8-15-30-28(13-9-14-29(27)30)26-18-20-32-34(23-26)43-37(41-32)35-16-10-21-44(35)38(45)46-39(3,4)5/h8-9,12-15,17-20,22-24,35H,6-7,10-11,16,21H2,1-5H3,(H,40,42)(H,41,43)/t24-,35-/m0/s1. The fourth-order valence-corrected chi connectivity index (χ4v) is 6.84. The van der Waals surface area contributed by atoms with Crippen molar-refractivity contribution in [1.82, 2.24) is 24.8 Å². The molecule has 0 saturated carbocycles. The lowest BCUT2D eigenvalue weighted by Crippen LogP contribution is -2.36. The van der Waals surface area contributed by atoms with E-state index in [0.29, 0.717) is 12.5 Å². The smallest absolute Gasteiger partial charge is 0.410 e. The normalized spacial score (nSPS) is 16.1. The van der Waals surface area contributed by atoms with Crippen LogP contribution < -0.4 is 0 Å². The molecular weight excluding hydrogens is 570 g/mol. The average molecular weight is 614 g/mol. The van der Waals surface area contributed by atoms with Crippen molar-refractivity contribution < 1.29 is 9.53 Å².